The zero-order valence-electron chi connectivity index (χ0n) is 16.6. The molecule has 0 fully saturated rings. The normalized spacial score (nSPS) is 11.4. The van der Waals surface area contributed by atoms with Gasteiger partial charge in [-0.15, -0.1) is 11.8 Å². The lowest BCUT2D eigenvalue weighted by Gasteiger charge is -2.16. The molecule has 0 saturated carbocycles. The van der Waals surface area contributed by atoms with E-state index in [0.717, 1.165) is 33.6 Å². The van der Waals surface area contributed by atoms with Gasteiger partial charge in [0.15, 0.2) is 0 Å². The van der Waals surface area contributed by atoms with Crippen LogP contribution < -0.4 is 4.72 Å². The lowest BCUT2D eigenvalue weighted by atomic mass is 10.1. The van der Waals surface area contributed by atoms with E-state index in [2.05, 4.69) is 16.9 Å². The van der Waals surface area contributed by atoms with Crippen molar-refractivity contribution in [3.05, 3.63) is 88.5 Å². The molecule has 0 aliphatic rings. The van der Waals surface area contributed by atoms with Crippen LogP contribution in [0.25, 0.3) is 0 Å². The molecule has 0 spiro atoms. The molecule has 146 valence electrons. The summed E-state index contributed by atoms with van der Waals surface area (Å²) < 4.78 is 28.7. The third-order valence-corrected chi connectivity index (χ3v) is 7.31. The molecule has 0 heterocycles. The van der Waals surface area contributed by atoms with Crippen molar-refractivity contribution in [3.8, 4) is 0 Å². The Morgan fingerprint density at radius 3 is 2.07 bits per heavy atom. The fourth-order valence-corrected chi connectivity index (χ4v) is 5.85. The Bertz CT molecular complexity index is 1070. The van der Waals surface area contributed by atoms with Crippen LogP contribution in [-0.4, -0.2) is 8.42 Å². The van der Waals surface area contributed by atoms with Crippen molar-refractivity contribution in [1.82, 2.24) is 0 Å². The average Bonchev–Trinajstić information content (AvgIpc) is 2.61. The Labute approximate surface area is 172 Å². The molecule has 1 N–H and O–H groups in total. The minimum absolute atomic E-state index is 0.362. The number of anilines is 1. The van der Waals surface area contributed by atoms with Crippen LogP contribution in [0.3, 0.4) is 0 Å². The van der Waals surface area contributed by atoms with Crippen molar-refractivity contribution >= 4 is 27.5 Å². The van der Waals surface area contributed by atoms with Gasteiger partial charge in [-0.1, -0.05) is 48.0 Å². The quantitative estimate of drug-likeness (QED) is 0.505. The van der Waals surface area contributed by atoms with E-state index in [9.17, 15) is 8.42 Å². The van der Waals surface area contributed by atoms with E-state index in [1.54, 1.807) is 11.8 Å². The molecule has 0 atom stereocenters. The van der Waals surface area contributed by atoms with Gasteiger partial charge in [0.25, 0.3) is 10.0 Å². The van der Waals surface area contributed by atoms with Crippen LogP contribution in [0.2, 0.25) is 0 Å². The minimum atomic E-state index is -3.64. The highest BCUT2D eigenvalue weighted by molar-refractivity contribution is 7.98. The molecule has 0 aliphatic heterocycles. The third-order valence-electron chi connectivity index (χ3n) is 4.56. The molecule has 3 rings (SSSR count). The lowest BCUT2D eigenvalue weighted by molar-refractivity contribution is 0.600. The Kier molecular flexibility index (Phi) is 6.16. The van der Waals surface area contributed by atoms with E-state index in [-0.39, 0.29) is 0 Å². The molecule has 28 heavy (non-hydrogen) atoms. The molecule has 3 nitrogen and oxygen atoms in total. The first kappa shape index (κ1) is 20.5. The number of thioether (sulfide) groups is 1. The average molecular weight is 412 g/mol. The summed E-state index contributed by atoms with van der Waals surface area (Å²) in [6, 6.07) is 19.9. The Morgan fingerprint density at radius 2 is 1.46 bits per heavy atom. The van der Waals surface area contributed by atoms with Crippen LogP contribution in [0.5, 0.6) is 0 Å². The maximum absolute atomic E-state index is 13.0. The highest BCUT2D eigenvalue weighted by Crippen LogP contribution is 2.28. The van der Waals surface area contributed by atoms with Crippen molar-refractivity contribution in [2.45, 2.75) is 43.2 Å². The van der Waals surface area contributed by atoms with Gasteiger partial charge in [0.2, 0.25) is 0 Å². The molecule has 3 aromatic carbocycles. The number of aryl methyl sites for hydroxylation is 4. The maximum Gasteiger partial charge on any atom is 0.262 e. The number of hydrogen-bond acceptors (Lipinski definition) is 3. The maximum atomic E-state index is 13.0. The molecule has 0 amide bonds. The first-order valence-corrected chi connectivity index (χ1v) is 11.6. The summed E-state index contributed by atoms with van der Waals surface area (Å²) in [6.45, 7) is 7.58. The largest absolute Gasteiger partial charge is 0.279 e. The molecular formula is C23H25NO2S2. The predicted molar refractivity (Wildman–Crippen MR) is 119 cm³/mol. The topological polar surface area (TPSA) is 46.2 Å². The van der Waals surface area contributed by atoms with Crippen molar-refractivity contribution < 1.29 is 8.42 Å². The molecule has 5 heteroatoms. The number of rotatable bonds is 6. The van der Waals surface area contributed by atoms with Crippen molar-refractivity contribution in [2.75, 3.05) is 4.72 Å². The minimum Gasteiger partial charge on any atom is -0.279 e. The molecule has 0 radical (unpaired) electrons. The van der Waals surface area contributed by atoms with Crippen LogP contribution in [0, 0.1) is 27.7 Å². The molecule has 0 saturated heterocycles. The van der Waals surface area contributed by atoms with Crippen LogP contribution in [0.4, 0.5) is 5.69 Å². The highest BCUT2D eigenvalue weighted by atomic mass is 32.2. The molecular weight excluding hydrogens is 386 g/mol. The Balaban J connectivity index is 1.79. The monoisotopic (exact) mass is 411 g/mol. The van der Waals surface area contributed by atoms with Crippen molar-refractivity contribution in [3.63, 3.8) is 0 Å². The van der Waals surface area contributed by atoms with Gasteiger partial charge in [-0.3, -0.25) is 4.72 Å². The first-order chi connectivity index (χ1) is 13.3. The zero-order chi connectivity index (χ0) is 20.3. The number of hydrogen-bond donors (Lipinski definition) is 1. The summed E-state index contributed by atoms with van der Waals surface area (Å²) in [5.74, 6) is 0.841. The van der Waals surface area contributed by atoms with Crippen molar-refractivity contribution in [2.24, 2.45) is 0 Å². The third kappa shape index (κ3) is 4.78. The van der Waals surface area contributed by atoms with Gasteiger partial charge >= 0.3 is 0 Å². The molecule has 0 aliphatic carbocycles. The standard InChI is InChI=1S/C23H25NO2S2/c1-16-12-18(3)23(19(4)13-16)28(25,26)24-22-11-10-20(14-17(22)2)15-27-21-8-6-5-7-9-21/h5-14,24H,15H2,1-4H3. The van der Waals surface area contributed by atoms with Gasteiger partial charge in [-0.25, -0.2) is 8.42 Å². The van der Waals surface area contributed by atoms with Gasteiger partial charge < -0.3 is 0 Å². The van der Waals surface area contributed by atoms with Gasteiger partial charge in [0.05, 0.1) is 10.6 Å². The second kappa shape index (κ2) is 8.41. The number of nitrogens with one attached hydrogen (secondary N) is 1. The second-order valence-electron chi connectivity index (χ2n) is 7.08. The number of sulfonamides is 1. The summed E-state index contributed by atoms with van der Waals surface area (Å²) >= 11 is 1.76. The highest BCUT2D eigenvalue weighted by Gasteiger charge is 2.20. The van der Waals surface area contributed by atoms with Crippen LogP contribution in [-0.2, 0) is 15.8 Å². The molecule has 0 unspecified atom stereocenters. The zero-order valence-corrected chi connectivity index (χ0v) is 18.2. The van der Waals surface area contributed by atoms with Gasteiger partial charge in [0, 0.05) is 10.6 Å². The summed E-state index contributed by atoms with van der Waals surface area (Å²) in [7, 11) is -3.64. The SMILES string of the molecule is Cc1cc(C)c(S(=O)(=O)Nc2ccc(CSc3ccccc3)cc2C)c(C)c1. The van der Waals surface area contributed by atoms with Gasteiger partial charge in [-0.2, -0.15) is 0 Å². The number of benzene rings is 3. The predicted octanol–water partition coefficient (Wildman–Crippen LogP) is 6.01. The van der Waals surface area contributed by atoms with Crippen molar-refractivity contribution in [1.29, 1.82) is 0 Å². The van der Waals surface area contributed by atoms with E-state index in [0.29, 0.717) is 10.6 Å². The van der Waals surface area contributed by atoms with E-state index in [4.69, 9.17) is 0 Å². The lowest BCUT2D eigenvalue weighted by Crippen LogP contribution is -2.16. The van der Waals surface area contributed by atoms with Gasteiger partial charge in [-0.05, 0) is 68.1 Å². The fourth-order valence-electron chi connectivity index (χ4n) is 3.40. The molecule has 0 bridgehead atoms. The smallest absolute Gasteiger partial charge is 0.262 e. The summed E-state index contributed by atoms with van der Waals surface area (Å²) in [4.78, 5) is 1.58. The molecule has 0 aromatic heterocycles. The second-order valence-corrected chi connectivity index (χ2v) is 9.75. The summed E-state index contributed by atoms with van der Waals surface area (Å²) in [6.07, 6.45) is 0. The van der Waals surface area contributed by atoms with Gasteiger partial charge in [0.1, 0.15) is 0 Å². The van der Waals surface area contributed by atoms with E-state index < -0.39 is 10.0 Å². The molecule has 3 aromatic rings. The summed E-state index contributed by atoms with van der Waals surface area (Å²) in [5, 5.41) is 0. The van der Waals surface area contributed by atoms with Crippen LogP contribution >= 0.6 is 11.8 Å². The Hall–Kier alpha value is -2.24. The van der Waals surface area contributed by atoms with E-state index in [1.807, 2.05) is 76.2 Å². The van der Waals surface area contributed by atoms with E-state index >= 15 is 0 Å². The fraction of sp³-hybridized carbons (Fsp3) is 0.217. The summed E-state index contributed by atoms with van der Waals surface area (Å²) in [5.41, 5.74) is 5.28. The van der Waals surface area contributed by atoms with Crippen LogP contribution in [0.1, 0.15) is 27.8 Å². The van der Waals surface area contributed by atoms with Crippen LogP contribution in [0.15, 0.2) is 70.5 Å². The van der Waals surface area contributed by atoms with E-state index in [1.165, 1.54) is 4.90 Å². The first-order valence-electron chi connectivity index (χ1n) is 9.14. The Morgan fingerprint density at radius 1 is 0.821 bits per heavy atom.